The number of hydrogen-bond acceptors (Lipinski definition) is 3. The predicted octanol–water partition coefficient (Wildman–Crippen LogP) is 2.34. The molecule has 21 heavy (non-hydrogen) atoms. The van der Waals surface area contributed by atoms with Gasteiger partial charge in [0.05, 0.1) is 6.26 Å². The van der Waals surface area contributed by atoms with Crippen LogP contribution in [-0.4, -0.2) is 38.7 Å². The van der Waals surface area contributed by atoms with Gasteiger partial charge in [-0.05, 0) is 42.9 Å². The molecule has 0 bridgehead atoms. The summed E-state index contributed by atoms with van der Waals surface area (Å²) >= 11 is 6.27. The van der Waals surface area contributed by atoms with E-state index in [0.717, 1.165) is 43.8 Å². The van der Waals surface area contributed by atoms with Crippen LogP contribution in [0.5, 0.6) is 0 Å². The number of halogens is 1. The van der Waals surface area contributed by atoms with Gasteiger partial charge in [0.1, 0.15) is 0 Å². The van der Waals surface area contributed by atoms with Crippen molar-refractivity contribution in [2.45, 2.75) is 37.8 Å². The van der Waals surface area contributed by atoms with Crippen LogP contribution in [0.2, 0.25) is 5.02 Å². The molecule has 116 valence electrons. The molecule has 0 amide bonds. The number of piperidine rings is 1. The van der Waals surface area contributed by atoms with Gasteiger partial charge in [0.2, 0.25) is 10.0 Å². The van der Waals surface area contributed by atoms with Crippen molar-refractivity contribution in [3.8, 4) is 0 Å². The largest absolute Gasteiger partial charge is 0.296 e. The van der Waals surface area contributed by atoms with E-state index >= 15 is 0 Å². The molecule has 0 saturated carbocycles. The highest BCUT2D eigenvalue weighted by Crippen LogP contribution is 2.39. The molecule has 1 atom stereocenters. The van der Waals surface area contributed by atoms with E-state index in [1.165, 1.54) is 17.4 Å². The van der Waals surface area contributed by atoms with Crippen LogP contribution >= 0.6 is 11.6 Å². The van der Waals surface area contributed by atoms with Crippen LogP contribution in [0.15, 0.2) is 18.2 Å². The minimum absolute atomic E-state index is 0.0801. The molecule has 3 rings (SSSR count). The van der Waals surface area contributed by atoms with E-state index in [1.54, 1.807) is 0 Å². The Morgan fingerprint density at radius 1 is 1.24 bits per heavy atom. The van der Waals surface area contributed by atoms with Gasteiger partial charge in [-0.2, -0.15) is 0 Å². The lowest BCUT2D eigenvalue weighted by Gasteiger charge is -2.36. The number of sulfonamides is 1. The minimum Gasteiger partial charge on any atom is -0.296 e. The smallest absolute Gasteiger partial charge is 0.208 e. The molecule has 1 aliphatic carbocycles. The summed E-state index contributed by atoms with van der Waals surface area (Å²) in [6.07, 6.45) is 5.14. The molecule has 1 heterocycles. The van der Waals surface area contributed by atoms with Gasteiger partial charge in [-0.3, -0.25) is 4.90 Å². The van der Waals surface area contributed by atoms with E-state index in [2.05, 4.69) is 15.7 Å². The second-order valence-electron chi connectivity index (χ2n) is 6.06. The first-order valence-corrected chi connectivity index (χ1v) is 9.69. The first-order valence-electron chi connectivity index (χ1n) is 7.43. The molecule has 1 aromatic carbocycles. The van der Waals surface area contributed by atoms with Crippen LogP contribution in [-0.2, 0) is 16.4 Å². The van der Waals surface area contributed by atoms with Gasteiger partial charge in [0.15, 0.2) is 0 Å². The SMILES string of the molecule is CS(=O)(=O)NC1CCN([C@@H]2CCc3c(Cl)cccc32)CC1. The normalized spacial score (nSPS) is 24.2. The summed E-state index contributed by atoms with van der Waals surface area (Å²) in [6, 6.07) is 6.69. The number of likely N-dealkylation sites (tertiary alicyclic amines) is 1. The third-order valence-corrected chi connectivity index (χ3v) is 5.65. The Labute approximate surface area is 131 Å². The monoisotopic (exact) mass is 328 g/mol. The zero-order valence-corrected chi connectivity index (χ0v) is 13.8. The fraction of sp³-hybridized carbons (Fsp3) is 0.600. The third kappa shape index (κ3) is 3.42. The number of fused-ring (bicyclic) bond motifs is 1. The molecule has 0 aromatic heterocycles. The number of rotatable bonds is 3. The Kier molecular flexibility index (Phi) is 4.28. The van der Waals surface area contributed by atoms with E-state index < -0.39 is 10.0 Å². The molecular formula is C15H21ClN2O2S. The van der Waals surface area contributed by atoms with Crippen LogP contribution < -0.4 is 4.72 Å². The first-order chi connectivity index (χ1) is 9.94. The average molecular weight is 329 g/mol. The molecule has 1 N–H and O–H groups in total. The van der Waals surface area contributed by atoms with E-state index in [9.17, 15) is 8.42 Å². The molecule has 1 aromatic rings. The zero-order chi connectivity index (χ0) is 15.0. The molecule has 1 aliphatic heterocycles. The van der Waals surface area contributed by atoms with E-state index in [-0.39, 0.29) is 6.04 Å². The molecule has 1 saturated heterocycles. The lowest BCUT2D eigenvalue weighted by molar-refractivity contribution is 0.149. The van der Waals surface area contributed by atoms with Gasteiger partial charge in [-0.15, -0.1) is 0 Å². The lowest BCUT2D eigenvalue weighted by Crippen LogP contribution is -2.45. The molecule has 0 radical (unpaired) electrons. The molecular weight excluding hydrogens is 308 g/mol. The van der Waals surface area contributed by atoms with Gasteiger partial charge in [-0.25, -0.2) is 13.1 Å². The Morgan fingerprint density at radius 3 is 2.62 bits per heavy atom. The summed E-state index contributed by atoms with van der Waals surface area (Å²) in [6.45, 7) is 1.87. The van der Waals surface area contributed by atoms with Crippen molar-refractivity contribution in [2.75, 3.05) is 19.3 Å². The van der Waals surface area contributed by atoms with Crippen molar-refractivity contribution in [1.29, 1.82) is 0 Å². The Balaban J connectivity index is 1.66. The highest BCUT2D eigenvalue weighted by atomic mass is 35.5. The highest BCUT2D eigenvalue weighted by molar-refractivity contribution is 7.88. The molecule has 4 nitrogen and oxygen atoms in total. The van der Waals surface area contributed by atoms with Gasteiger partial charge in [0.25, 0.3) is 0 Å². The van der Waals surface area contributed by atoms with Gasteiger partial charge in [0, 0.05) is 30.2 Å². The van der Waals surface area contributed by atoms with Crippen molar-refractivity contribution < 1.29 is 8.42 Å². The van der Waals surface area contributed by atoms with Crippen molar-refractivity contribution in [2.24, 2.45) is 0 Å². The van der Waals surface area contributed by atoms with Crippen LogP contribution in [0.3, 0.4) is 0 Å². The van der Waals surface area contributed by atoms with Crippen molar-refractivity contribution in [1.82, 2.24) is 9.62 Å². The van der Waals surface area contributed by atoms with E-state index in [0.29, 0.717) is 6.04 Å². The van der Waals surface area contributed by atoms with Crippen LogP contribution in [0.1, 0.15) is 36.4 Å². The van der Waals surface area contributed by atoms with Crippen molar-refractivity contribution in [3.05, 3.63) is 34.3 Å². The molecule has 2 aliphatic rings. The first kappa shape index (κ1) is 15.3. The summed E-state index contributed by atoms with van der Waals surface area (Å²) in [5.74, 6) is 0. The Bertz CT molecular complexity index is 625. The minimum atomic E-state index is -3.10. The molecule has 0 unspecified atom stereocenters. The molecule has 0 spiro atoms. The maximum absolute atomic E-state index is 11.3. The van der Waals surface area contributed by atoms with Crippen LogP contribution in [0.4, 0.5) is 0 Å². The Hall–Kier alpha value is -0.620. The standard InChI is InChI=1S/C15H21ClN2O2S/c1-21(19,20)17-11-7-9-18(10-8-11)15-6-5-12-13(15)3-2-4-14(12)16/h2-4,11,15,17H,5-10H2,1H3/t15-/m1/s1. The highest BCUT2D eigenvalue weighted by Gasteiger charge is 2.32. The van der Waals surface area contributed by atoms with Crippen LogP contribution in [0, 0.1) is 0 Å². The number of hydrogen-bond donors (Lipinski definition) is 1. The average Bonchev–Trinajstić information content (AvgIpc) is 2.83. The van der Waals surface area contributed by atoms with Crippen molar-refractivity contribution in [3.63, 3.8) is 0 Å². The second kappa shape index (κ2) is 5.88. The fourth-order valence-electron chi connectivity index (χ4n) is 3.60. The van der Waals surface area contributed by atoms with Gasteiger partial charge < -0.3 is 0 Å². The van der Waals surface area contributed by atoms with Gasteiger partial charge in [-0.1, -0.05) is 23.7 Å². The third-order valence-electron chi connectivity index (χ3n) is 4.53. The van der Waals surface area contributed by atoms with E-state index in [4.69, 9.17) is 11.6 Å². The Morgan fingerprint density at radius 2 is 1.95 bits per heavy atom. The predicted molar refractivity (Wildman–Crippen MR) is 85.1 cm³/mol. The summed E-state index contributed by atoms with van der Waals surface area (Å²) < 4.78 is 25.3. The topological polar surface area (TPSA) is 49.4 Å². The number of benzene rings is 1. The summed E-state index contributed by atoms with van der Waals surface area (Å²) in [7, 11) is -3.10. The zero-order valence-electron chi connectivity index (χ0n) is 12.2. The van der Waals surface area contributed by atoms with Gasteiger partial charge >= 0.3 is 0 Å². The summed E-state index contributed by atoms with van der Waals surface area (Å²) in [5, 5.41) is 0.878. The van der Waals surface area contributed by atoms with Crippen LogP contribution in [0.25, 0.3) is 0 Å². The molecule has 6 heteroatoms. The second-order valence-corrected chi connectivity index (χ2v) is 8.25. The summed E-state index contributed by atoms with van der Waals surface area (Å²) in [4.78, 5) is 2.47. The number of nitrogens with zero attached hydrogens (tertiary/aromatic N) is 1. The molecule has 1 fully saturated rings. The lowest BCUT2D eigenvalue weighted by atomic mass is 10.0. The summed E-state index contributed by atoms with van der Waals surface area (Å²) in [5.41, 5.74) is 2.65. The fourth-order valence-corrected chi connectivity index (χ4v) is 4.72. The maximum atomic E-state index is 11.3. The number of nitrogens with one attached hydrogen (secondary N) is 1. The van der Waals surface area contributed by atoms with Crippen molar-refractivity contribution >= 4 is 21.6 Å². The quantitative estimate of drug-likeness (QED) is 0.926. The van der Waals surface area contributed by atoms with E-state index in [1.807, 2.05) is 12.1 Å². The maximum Gasteiger partial charge on any atom is 0.208 e.